The zero-order valence-electron chi connectivity index (χ0n) is 74.6. The first kappa shape index (κ1) is 102. The normalized spacial score (nSPS) is 25.2. The number of hydrogen-bond donors (Lipinski definition) is 18. The maximum Gasteiger partial charge on any atom is 0.305 e. The number of H-pyrrole nitrogens is 3. The number of aliphatic hydroxyl groups excluding tert-OH is 2. The van der Waals surface area contributed by atoms with Gasteiger partial charge in [-0.1, -0.05) is 88.1 Å². The molecule has 6 aromatic rings. The Labute approximate surface area is 761 Å². The largest absolute Gasteiger partial charge is 0.508 e. The number of carbonyl (C=O) groups is 17. The van der Waals surface area contributed by atoms with E-state index in [0.29, 0.717) is 70.6 Å². The van der Waals surface area contributed by atoms with Gasteiger partial charge in [-0.05, 0) is 113 Å². The van der Waals surface area contributed by atoms with Crippen molar-refractivity contribution in [3.63, 3.8) is 0 Å². The smallest absolute Gasteiger partial charge is 0.305 e. The zero-order chi connectivity index (χ0) is 95.4. The molecular weight excluding hydrogens is 1720 g/mol. The number of nitrogens with one attached hydrogen (secondary N) is 12. The number of fused-ring (bicyclic) bond motifs is 4. The predicted molar refractivity (Wildman–Crippen MR) is 479 cm³/mol. The van der Waals surface area contributed by atoms with Crippen LogP contribution in [0, 0.1) is 5.92 Å². The van der Waals surface area contributed by atoms with Gasteiger partial charge in [-0.15, -0.1) is 11.8 Å². The van der Waals surface area contributed by atoms with Crippen LogP contribution in [0.1, 0.15) is 140 Å². The van der Waals surface area contributed by atoms with Gasteiger partial charge in [0.15, 0.2) is 5.78 Å². The number of carboxylic acid groups (broad SMARTS) is 1. The number of nitrogens with zero attached hydrogens (tertiary/aromatic N) is 6. The third kappa shape index (κ3) is 27.9. The molecule has 42 heteroatoms. The lowest BCUT2D eigenvalue weighted by molar-refractivity contribution is -0.149. The molecule has 3 aliphatic heterocycles. The van der Waals surface area contributed by atoms with E-state index < -0.39 is 235 Å². The average molecular weight is 1840 g/mol. The van der Waals surface area contributed by atoms with Crippen molar-refractivity contribution in [3.8, 4) is 5.75 Å². The van der Waals surface area contributed by atoms with Crippen LogP contribution in [0.5, 0.6) is 5.75 Å². The van der Waals surface area contributed by atoms with Gasteiger partial charge in [-0.25, -0.2) is 4.98 Å². The minimum atomic E-state index is -1.90. The molecule has 3 aliphatic rings. The van der Waals surface area contributed by atoms with E-state index in [1.807, 2.05) is 13.8 Å². The first-order valence-electron chi connectivity index (χ1n) is 44.1. The first-order chi connectivity index (χ1) is 62.5. The molecule has 20 N–H and O–H groups in total. The summed E-state index contributed by atoms with van der Waals surface area (Å²) in [4.78, 5) is 267. The van der Waals surface area contributed by atoms with Gasteiger partial charge < -0.3 is 119 Å². The Bertz CT molecular complexity index is 5050. The monoisotopic (exact) mass is 1840 g/mol. The van der Waals surface area contributed by atoms with Gasteiger partial charge in [0.1, 0.15) is 78.3 Å². The molecule has 0 spiro atoms. The molecule has 710 valence electrons. The molecule has 41 nitrogen and oxygen atoms in total. The fourth-order valence-corrected chi connectivity index (χ4v) is 17.3. The number of amides is 15. The number of aliphatic hydroxyl groups is 2. The Hall–Kier alpha value is -12.8. The van der Waals surface area contributed by atoms with Crippen LogP contribution < -0.4 is 59.3 Å². The van der Waals surface area contributed by atoms with Gasteiger partial charge in [0.25, 0.3) is 0 Å². The molecule has 0 radical (unpaired) electrons. The van der Waals surface area contributed by atoms with Gasteiger partial charge in [0.05, 0.1) is 49.5 Å². The van der Waals surface area contributed by atoms with Crippen molar-refractivity contribution in [2.45, 2.75) is 228 Å². The van der Waals surface area contributed by atoms with Gasteiger partial charge >= 0.3 is 5.97 Å². The molecule has 131 heavy (non-hydrogen) atoms. The van der Waals surface area contributed by atoms with Crippen molar-refractivity contribution in [1.82, 2.24) is 92.3 Å². The number of thioether (sulfide) groups is 1. The summed E-state index contributed by atoms with van der Waals surface area (Å²) in [6.45, 7) is 4.01. The van der Waals surface area contributed by atoms with E-state index in [9.17, 15) is 68.4 Å². The van der Waals surface area contributed by atoms with Crippen molar-refractivity contribution in [2.24, 2.45) is 17.4 Å². The fraction of sp³-hybridized carbons (Fsp3) is 0.528. The molecular formula is C89H122N20O21S. The summed E-state index contributed by atoms with van der Waals surface area (Å²) < 4.78 is 0. The SMILES string of the molecule is CCCC[C@H]1C(=O)N(C)[C@@H](CCCC)C(=O)N[C@@H](C)C(=O)N[C@H](C(=O)NCC(N)=O)CSCC(=O)N[C@@H](Cc2ccc(O)cc2)C(=O)N(C)[C@@H](C)C(=O)N[C@@H](CC(=O)O)C(=O)N2CCC[C@H]2C(=O)N[C@@H](Cc2c[nH]cn2)C(=O)N[C@@H](CCCCN)C(=O)N2C[C@H](O)C[C@H]2C(=O)C[C@@H](Cc2c[nH]c3ccccc23)C(=O)N[C@@H](CO)C(=O)N[C@@H](Cc2c[nH]c3ccccc23)C(=O)N1C. The lowest BCUT2D eigenvalue weighted by Crippen LogP contribution is -2.60. The van der Waals surface area contributed by atoms with Gasteiger partial charge in [0.2, 0.25) is 88.6 Å². The minimum absolute atomic E-state index is 0.0200. The topological polar surface area (TPSA) is 608 Å². The molecule has 15 amide bonds. The quantitative estimate of drug-likeness (QED) is 0.0310. The number of imidazole rings is 1. The Morgan fingerprint density at radius 1 is 0.573 bits per heavy atom. The van der Waals surface area contributed by atoms with Gasteiger partial charge in [0, 0.05) is 118 Å². The maximum atomic E-state index is 15.6. The third-order valence-electron chi connectivity index (χ3n) is 24.0. The van der Waals surface area contributed by atoms with E-state index in [1.54, 1.807) is 60.9 Å². The molecule has 15 atom stereocenters. The molecule has 3 fully saturated rings. The number of aromatic nitrogens is 4. The summed E-state index contributed by atoms with van der Waals surface area (Å²) in [7, 11) is 3.91. The summed E-state index contributed by atoms with van der Waals surface area (Å²) in [6.07, 6.45) is 3.92. The Morgan fingerprint density at radius 2 is 1.16 bits per heavy atom. The number of unbranched alkanes of at least 4 members (excludes halogenated alkanes) is 3. The summed E-state index contributed by atoms with van der Waals surface area (Å²) in [5, 5.41) is 67.9. The van der Waals surface area contributed by atoms with Gasteiger partial charge in [-0.3, -0.25) is 81.5 Å². The number of likely N-dealkylation sites (N-methyl/N-ethyl adjacent to an activating group) is 3. The Morgan fingerprint density at radius 3 is 1.79 bits per heavy atom. The highest BCUT2D eigenvalue weighted by Gasteiger charge is 2.47. The molecule has 9 rings (SSSR count). The van der Waals surface area contributed by atoms with Crippen LogP contribution in [-0.2, 0) is 107 Å². The number of Topliss-reactive ketones (excluding diaryl/α,β-unsaturated/α-hetero) is 1. The maximum absolute atomic E-state index is 15.6. The number of hydrogen-bond acceptors (Lipinski definition) is 23. The molecule has 3 saturated heterocycles. The van der Waals surface area contributed by atoms with Crippen LogP contribution in [-0.4, -0.2) is 315 Å². The minimum Gasteiger partial charge on any atom is -0.508 e. The number of rotatable bonds is 24. The molecule has 0 unspecified atom stereocenters. The van der Waals surface area contributed by atoms with Crippen molar-refractivity contribution in [1.29, 1.82) is 0 Å². The average Bonchev–Trinajstić information content (AvgIpc) is 1.59. The second-order valence-electron chi connectivity index (χ2n) is 33.5. The van der Waals surface area contributed by atoms with Crippen molar-refractivity contribution >= 4 is 134 Å². The van der Waals surface area contributed by atoms with Crippen molar-refractivity contribution in [2.75, 3.05) is 65.4 Å². The van der Waals surface area contributed by atoms with Gasteiger partial charge in [-0.2, -0.15) is 0 Å². The molecule has 0 aliphatic carbocycles. The third-order valence-corrected chi connectivity index (χ3v) is 25.0. The summed E-state index contributed by atoms with van der Waals surface area (Å²) >= 11 is 0.773. The lowest BCUT2D eigenvalue weighted by Gasteiger charge is -2.36. The number of carboxylic acids is 1. The van der Waals surface area contributed by atoms with Crippen LogP contribution >= 0.6 is 11.8 Å². The number of primary amides is 1. The number of phenolic OH excluding ortho intramolecular Hbond substituents is 1. The highest BCUT2D eigenvalue weighted by Crippen LogP contribution is 2.30. The molecule has 0 bridgehead atoms. The Balaban J connectivity index is 1.08. The summed E-state index contributed by atoms with van der Waals surface area (Å²) in [5.41, 5.74) is 14.3. The van der Waals surface area contributed by atoms with Crippen molar-refractivity contribution < 1.29 is 102 Å². The molecule has 3 aromatic carbocycles. The lowest BCUT2D eigenvalue weighted by atomic mass is 9.90. The number of nitrogens with two attached hydrogens (primary N) is 2. The van der Waals surface area contributed by atoms with E-state index in [2.05, 4.69) is 67.8 Å². The van der Waals surface area contributed by atoms with Crippen LogP contribution in [0.2, 0.25) is 0 Å². The second-order valence-corrected chi connectivity index (χ2v) is 34.6. The fourth-order valence-electron chi connectivity index (χ4n) is 16.4. The van der Waals surface area contributed by atoms with E-state index >= 15 is 33.6 Å². The number of carbonyl (C=O) groups excluding carboxylic acids is 16. The summed E-state index contributed by atoms with van der Waals surface area (Å²) in [5.74, 6) is -18.7. The number of para-hydroxylation sites is 2. The predicted octanol–water partition coefficient (Wildman–Crippen LogP) is -1.40. The second kappa shape index (κ2) is 48.7. The van der Waals surface area contributed by atoms with Crippen LogP contribution in [0.4, 0.5) is 0 Å². The standard InChI is InChI=1S/C89H122N20O21S/c1-8-10-24-69-83(124)97-49(3)77(118)104-68(80(121)95-43-74(91)114)46-131-47-75(115)98-64(33-51-27-29-56(111)30-28-51)85(126)105(5)50(4)78(119)101-66(39-76(116)117)88(129)108-32-18-26-70(108)84(125)100-63(37-55-42-92-48-96-55)81(122)99-62(23-16-17-31-90)87(128)109-44-57(112)38-72(109)73(113)36-52(34-53-40-93-60-21-14-12-19-58(53)60)79(120)103-67(45-110)82(123)102-65(35-54-41-94-61-22-15-13-20-59(54)61)86(127)107(7)71(25-11-9-2)89(130)106(69)6/h12-15,19-22,27-30,40-42,48-50,52,57,62-72,93-94,110-112H,8-11,16-18,23-26,31-39,43-47,90H2,1-7H3,(H2,91,114)(H,92,96)(H,95,121)(H,97,124)(H,98,115)(H,99,122)(H,100,125)(H,101,119)(H,102,123)(H,103,120)(H,104,118)(H,116,117)/t49-,50-,52+,57+,62-,63-,64-,65-,66-,67-,68-,69-,70-,71-,72-/m0/s1. The zero-order valence-corrected chi connectivity index (χ0v) is 75.4. The summed E-state index contributed by atoms with van der Waals surface area (Å²) in [6, 6.07) is -0.273. The van der Waals surface area contributed by atoms with E-state index in [1.165, 1.54) is 71.8 Å². The number of aromatic amines is 3. The highest BCUT2D eigenvalue weighted by atomic mass is 32.2. The first-order valence-corrected chi connectivity index (χ1v) is 45.3. The molecule has 0 saturated carbocycles. The Kier molecular flexibility index (Phi) is 37.9. The highest BCUT2D eigenvalue weighted by molar-refractivity contribution is 8.00. The molecule has 6 heterocycles. The number of aromatic hydroxyl groups is 1. The molecule has 3 aromatic heterocycles. The van der Waals surface area contributed by atoms with Crippen molar-refractivity contribution in [3.05, 3.63) is 120 Å². The number of phenols is 1. The van der Waals surface area contributed by atoms with Crippen LogP contribution in [0.25, 0.3) is 21.8 Å². The van der Waals surface area contributed by atoms with E-state index in [4.69, 9.17) is 11.5 Å². The number of aliphatic carboxylic acids is 1. The van der Waals surface area contributed by atoms with Crippen LogP contribution in [0.3, 0.4) is 0 Å². The van der Waals surface area contributed by atoms with E-state index in [-0.39, 0.29) is 95.2 Å². The number of benzene rings is 3. The van der Waals surface area contributed by atoms with E-state index in [0.717, 1.165) is 36.3 Å². The van der Waals surface area contributed by atoms with Crippen LogP contribution in [0.15, 0.2) is 97.7 Å². The number of ketones is 1.